The number of aromatic nitrogens is 1. The highest BCUT2D eigenvalue weighted by Crippen LogP contribution is 2.31. The second kappa shape index (κ2) is 5.21. The van der Waals surface area contributed by atoms with Gasteiger partial charge in [-0.25, -0.2) is 0 Å². The summed E-state index contributed by atoms with van der Waals surface area (Å²) in [7, 11) is 0. The lowest BCUT2D eigenvalue weighted by atomic mass is 10.0. The van der Waals surface area contributed by atoms with Crippen LogP contribution in [0.2, 0.25) is 0 Å². The van der Waals surface area contributed by atoms with Crippen molar-refractivity contribution in [2.24, 2.45) is 5.11 Å². The lowest BCUT2D eigenvalue weighted by Crippen LogP contribution is -2.03. The molecule has 0 unspecified atom stereocenters. The van der Waals surface area contributed by atoms with Crippen LogP contribution in [0.4, 0.5) is 0 Å². The molecular weight excluding hydrogens is 236 g/mol. The van der Waals surface area contributed by atoms with E-state index in [1.165, 1.54) is 22.2 Å². The molecule has 3 rings (SSSR count). The van der Waals surface area contributed by atoms with Crippen LogP contribution in [-0.4, -0.2) is 11.1 Å². The topological polar surface area (TPSA) is 53.7 Å². The molecule has 0 amide bonds. The van der Waals surface area contributed by atoms with Gasteiger partial charge in [0, 0.05) is 34.6 Å². The lowest BCUT2D eigenvalue weighted by Gasteiger charge is -2.11. The van der Waals surface area contributed by atoms with Gasteiger partial charge in [0.15, 0.2) is 0 Å². The molecule has 1 heterocycles. The van der Waals surface area contributed by atoms with Gasteiger partial charge in [0.25, 0.3) is 0 Å². The number of hydrogen-bond donors (Lipinski definition) is 0. The molecule has 4 heteroatoms. The Morgan fingerprint density at radius 2 is 2.21 bits per heavy atom. The maximum atomic E-state index is 8.33. The van der Waals surface area contributed by atoms with Crippen molar-refractivity contribution < 1.29 is 0 Å². The standard InChI is InChI=1S/C15H16N4/c16-18-17-10-5-11-19-14-8-3-1-6-12(14)13-7-2-4-9-15(13)19/h1,3-4,6,8-9H,2,5,7,10-11H2. The zero-order chi connectivity index (χ0) is 13.1. The average Bonchev–Trinajstić information content (AvgIpc) is 2.78. The van der Waals surface area contributed by atoms with Gasteiger partial charge in [-0.05, 0) is 42.5 Å². The molecule has 4 nitrogen and oxygen atoms in total. The summed E-state index contributed by atoms with van der Waals surface area (Å²) < 4.78 is 2.35. The molecule has 0 fully saturated rings. The number of para-hydroxylation sites is 1. The molecule has 0 atom stereocenters. The molecule has 1 aliphatic rings. The number of allylic oxidation sites excluding steroid dienone is 1. The molecule has 1 aliphatic carbocycles. The Morgan fingerprint density at radius 3 is 3.11 bits per heavy atom. The summed E-state index contributed by atoms with van der Waals surface area (Å²) in [4.78, 5) is 2.81. The van der Waals surface area contributed by atoms with Gasteiger partial charge in [-0.15, -0.1) is 0 Å². The number of azide groups is 1. The largest absolute Gasteiger partial charge is 0.341 e. The number of hydrogen-bond acceptors (Lipinski definition) is 1. The Morgan fingerprint density at radius 1 is 1.32 bits per heavy atom. The van der Waals surface area contributed by atoms with Crippen LogP contribution in [-0.2, 0) is 13.0 Å². The van der Waals surface area contributed by atoms with Crippen LogP contribution in [0.15, 0.2) is 35.5 Å². The van der Waals surface area contributed by atoms with Gasteiger partial charge in [-0.2, -0.15) is 0 Å². The van der Waals surface area contributed by atoms with Crippen molar-refractivity contribution in [3.8, 4) is 0 Å². The van der Waals surface area contributed by atoms with Crippen LogP contribution in [0, 0.1) is 0 Å². The molecule has 1 aromatic heterocycles. The second-order valence-corrected chi connectivity index (χ2v) is 4.78. The molecule has 19 heavy (non-hydrogen) atoms. The minimum Gasteiger partial charge on any atom is -0.341 e. The fraction of sp³-hybridized carbons (Fsp3) is 0.333. The quantitative estimate of drug-likeness (QED) is 0.337. The highest BCUT2D eigenvalue weighted by Gasteiger charge is 2.16. The molecule has 0 saturated carbocycles. The normalized spacial score (nSPS) is 13.3. The van der Waals surface area contributed by atoms with Gasteiger partial charge in [0.1, 0.15) is 0 Å². The molecule has 0 aliphatic heterocycles. The fourth-order valence-electron chi connectivity index (χ4n) is 2.86. The van der Waals surface area contributed by atoms with Crippen LogP contribution in [0.1, 0.15) is 24.1 Å². The summed E-state index contributed by atoms with van der Waals surface area (Å²) in [6.07, 6.45) is 7.59. The van der Waals surface area contributed by atoms with Crippen molar-refractivity contribution in [1.29, 1.82) is 0 Å². The maximum absolute atomic E-state index is 8.33. The fourth-order valence-corrected chi connectivity index (χ4v) is 2.86. The first-order valence-corrected chi connectivity index (χ1v) is 6.69. The highest BCUT2D eigenvalue weighted by molar-refractivity contribution is 5.88. The first-order chi connectivity index (χ1) is 9.42. The third kappa shape index (κ3) is 2.11. The van der Waals surface area contributed by atoms with Crippen LogP contribution in [0.3, 0.4) is 0 Å². The van der Waals surface area contributed by atoms with Crippen LogP contribution >= 0.6 is 0 Å². The molecule has 0 spiro atoms. The molecule has 1 aromatic carbocycles. The summed E-state index contributed by atoms with van der Waals surface area (Å²) in [5.74, 6) is 0. The molecule has 0 saturated heterocycles. The monoisotopic (exact) mass is 252 g/mol. The van der Waals surface area contributed by atoms with Gasteiger partial charge in [0.2, 0.25) is 0 Å². The maximum Gasteiger partial charge on any atom is 0.0487 e. The van der Waals surface area contributed by atoms with Crippen molar-refractivity contribution >= 4 is 17.0 Å². The SMILES string of the molecule is [N-]=[N+]=NCCCn1c2c(c3ccccc31)CCC=C2. The number of rotatable bonds is 4. The lowest BCUT2D eigenvalue weighted by molar-refractivity contribution is 0.661. The van der Waals surface area contributed by atoms with E-state index in [0.717, 1.165) is 25.8 Å². The van der Waals surface area contributed by atoms with Crippen molar-refractivity contribution in [1.82, 2.24) is 4.57 Å². The van der Waals surface area contributed by atoms with E-state index in [4.69, 9.17) is 5.53 Å². The molecule has 96 valence electrons. The zero-order valence-corrected chi connectivity index (χ0v) is 10.8. The second-order valence-electron chi connectivity index (χ2n) is 4.78. The van der Waals surface area contributed by atoms with Crippen LogP contribution < -0.4 is 0 Å². The van der Waals surface area contributed by atoms with E-state index in [1.807, 2.05) is 0 Å². The van der Waals surface area contributed by atoms with E-state index >= 15 is 0 Å². The van der Waals surface area contributed by atoms with Crippen LogP contribution in [0.5, 0.6) is 0 Å². The molecule has 0 N–H and O–H groups in total. The summed E-state index contributed by atoms with van der Waals surface area (Å²) in [6.45, 7) is 1.46. The number of nitrogens with zero attached hydrogens (tertiary/aromatic N) is 4. The predicted molar refractivity (Wildman–Crippen MR) is 77.9 cm³/mol. The highest BCUT2D eigenvalue weighted by atomic mass is 15.1. The van der Waals surface area contributed by atoms with Gasteiger partial charge in [-0.1, -0.05) is 29.4 Å². The van der Waals surface area contributed by atoms with Crippen molar-refractivity contribution in [2.75, 3.05) is 6.54 Å². The van der Waals surface area contributed by atoms with E-state index in [-0.39, 0.29) is 0 Å². The Hall–Kier alpha value is -2.19. The minimum atomic E-state index is 0.557. The van der Waals surface area contributed by atoms with Gasteiger partial charge in [0.05, 0.1) is 0 Å². The zero-order valence-electron chi connectivity index (χ0n) is 10.8. The van der Waals surface area contributed by atoms with E-state index in [2.05, 4.69) is 51.0 Å². The molecular formula is C15H16N4. The summed E-state index contributed by atoms with van der Waals surface area (Å²) in [5, 5.41) is 4.98. The summed E-state index contributed by atoms with van der Waals surface area (Å²) in [6, 6.07) is 8.57. The minimum absolute atomic E-state index is 0.557. The Labute approximate surface area is 112 Å². The number of benzene rings is 1. The van der Waals surface area contributed by atoms with Crippen molar-refractivity contribution in [3.05, 3.63) is 52.0 Å². The van der Waals surface area contributed by atoms with E-state index in [0.29, 0.717) is 6.54 Å². The molecule has 0 radical (unpaired) electrons. The predicted octanol–water partition coefficient (Wildman–Crippen LogP) is 4.30. The van der Waals surface area contributed by atoms with E-state index in [1.54, 1.807) is 0 Å². The van der Waals surface area contributed by atoms with Crippen molar-refractivity contribution in [2.45, 2.75) is 25.8 Å². The van der Waals surface area contributed by atoms with Crippen LogP contribution in [0.25, 0.3) is 27.4 Å². The number of fused-ring (bicyclic) bond motifs is 3. The Bertz CT molecular complexity index is 675. The smallest absolute Gasteiger partial charge is 0.0487 e. The molecule has 0 bridgehead atoms. The van der Waals surface area contributed by atoms with Crippen molar-refractivity contribution in [3.63, 3.8) is 0 Å². The summed E-state index contributed by atoms with van der Waals surface area (Å²) in [5.41, 5.74) is 12.4. The Balaban J connectivity index is 2.02. The third-order valence-electron chi connectivity index (χ3n) is 3.66. The van der Waals surface area contributed by atoms with E-state index in [9.17, 15) is 0 Å². The Kier molecular flexibility index (Phi) is 3.25. The summed E-state index contributed by atoms with van der Waals surface area (Å²) >= 11 is 0. The van der Waals surface area contributed by atoms with E-state index < -0.39 is 0 Å². The third-order valence-corrected chi connectivity index (χ3v) is 3.66. The van der Waals surface area contributed by atoms with Gasteiger partial charge in [-0.3, -0.25) is 0 Å². The first-order valence-electron chi connectivity index (χ1n) is 6.69. The first kappa shape index (κ1) is 11.9. The average molecular weight is 252 g/mol. The number of aryl methyl sites for hydroxylation is 2. The molecule has 2 aromatic rings. The van der Waals surface area contributed by atoms with Gasteiger partial charge >= 0.3 is 0 Å². The van der Waals surface area contributed by atoms with Gasteiger partial charge < -0.3 is 4.57 Å².